The van der Waals surface area contributed by atoms with Crippen molar-refractivity contribution in [2.24, 2.45) is 5.73 Å². The van der Waals surface area contributed by atoms with Gasteiger partial charge in [-0.25, -0.2) is 13.5 Å². The van der Waals surface area contributed by atoms with Gasteiger partial charge < -0.3 is 44.3 Å². The summed E-state index contributed by atoms with van der Waals surface area (Å²) in [5.41, 5.74) is 5.68. The lowest BCUT2D eigenvalue weighted by Gasteiger charge is -2.33. The van der Waals surface area contributed by atoms with Crippen molar-refractivity contribution in [3.63, 3.8) is 0 Å². The number of esters is 1. The zero-order chi connectivity index (χ0) is 42.9. The summed E-state index contributed by atoms with van der Waals surface area (Å²) in [6, 6.07) is -0.604. The minimum atomic E-state index is -4.47. The summed E-state index contributed by atoms with van der Waals surface area (Å²) < 4.78 is 79.3. The molecule has 2 heterocycles. The largest absolute Gasteiger partial charge is 0.472 e. The monoisotopic (exact) mass is 875 g/mol. The van der Waals surface area contributed by atoms with E-state index in [4.69, 9.17) is 38.3 Å². The highest BCUT2D eigenvalue weighted by atomic mass is 32.3. The second kappa shape index (κ2) is 28.5. The number of aliphatic hydroxyl groups is 2. The van der Waals surface area contributed by atoms with Gasteiger partial charge in [0.1, 0.15) is 32.0 Å². The van der Waals surface area contributed by atoms with Gasteiger partial charge in [-0.1, -0.05) is 83.1 Å². The normalized spacial score (nSPS) is 23.3. The number of aliphatic hydroxyl groups excluding tert-OH is 2. The number of hydrogen-bond donors (Lipinski definition) is 5. The van der Waals surface area contributed by atoms with Crippen LogP contribution in [-0.2, 0) is 51.9 Å². The molecule has 0 radical (unpaired) electrons. The Bertz CT molecular complexity index is 1300. The standard InChI is InChI=1S/C39H75N2O15PS/c1-41(2,3)26-28-52-57(45,46)53-32-34(42)31-51-37(44)22-18-14-12-13-17-21-36-38-35(43)23-25-39(55-36,56-38)24-19-15-10-8-6-4-5-7-9-11-16-20-27-50-29-33(40)30-54-58(47,48)49/h18,22,33-36,38,42-43H,4-17,19-21,23-32,40H2,1-3H3,(H-,45,46,47,48,49)/p+1/b22-18-/t33?,34?,35-,36-,38-,39+/m1/s1. The zero-order valence-corrected chi connectivity index (χ0v) is 37.0. The third-order valence-electron chi connectivity index (χ3n) is 10.1. The molecule has 0 aliphatic carbocycles. The number of unbranched alkanes of at least 4 members (excludes halogenated alkanes) is 14. The second-order valence-corrected chi connectivity index (χ2v) is 19.3. The maximum atomic E-state index is 12.0. The van der Waals surface area contributed by atoms with Crippen molar-refractivity contribution in [1.82, 2.24) is 0 Å². The topological polar surface area (TPSA) is 240 Å². The third-order valence-corrected chi connectivity index (χ3v) is 11.5. The quantitative estimate of drug-likeness (QED) is 0.0137. The molecule has 0 aromatic carbocycles. The Morgan fingerprint density at radius 2 is 1.50 bits per heavy atom. The van der Waals surface area contributed by atoms with Gasteiger partial charge in [0.05, 0.1) is 59.2 Å². The van der Waals surface area contributed by atoms with Crippen LogP contribution >= 0.6 is 7.82 Å². The minimum absolute atomic E-state index is 0.0139. The van der Waals surface area contributed by atoms with Crippen molar-refractivity contribution >= 4 is 24.2 Å². The van der Waals surface area contributed by atoms with Gasteiger partial charge in [-0.05, 0) is 38.5 Å². The number of ether oxygens (including phenoxy) is 4. The molecule has 2 saturated heterocycles. The molecule has 19 heteroatoms. The number of quaternary nitrogens is 1. The summed E-state index contributed by atoms with van der Waals surface area (Å²) in [6.07, 6.45) is 21.3. The molecule has 2 bridgehead atoms. The van der Waals surface area contributed by atoms with Gasteiger partial charge in [-0.3, -0.25) is 13.6 Å². The lowest BCUT2D eigenvalue weighted by molar-refractivity contribution is -0.870. The highest BCUT2D eigenvalue weighted by Gasteiger charge is 2.52. The summed E-state index contributed by atoms with van der Waals surface area (Å²) in [5, 5.41) is 20.6. The van der Waals surface area contributed by atoms with Crippen LogP contribution in [0.5, 0.6) is 0 Å². The number of rotatable bonds is 36. The first-order valence-electron chi connectivity index (χ1n) is 21.3. The zero-order valence-electron chi connectivity index (χ0n) is 35.3. The molecule has 0 amide bonds. The molecule has 0 spiro atoms. The predicted molar refractivity (Wildman–Crippen MR) is 218 cm³/mol. The van der Waals surface area contributed by atoms with Gasteiger partial charge >= 0.3 is 24.2 Å². The fraction of sp³-hybridized carbons (Fsp3) is 0.923. The Morgan fingerprint density at radius 3 is 2.14 bits per heavy atom. The molecule has 2 aliphatic heterocycles. The van der Waals surface area contributed by atoms with E-state index in [2.05, 4.69) is 4.18 Å². The summed E-state index contributed by atoms with van der Waals surface area (Å²) in [6.45, 7) is 0.0578. The summed E-state index contributed by atoms with van der Waals surface area (Å²) in [4.78, 5) is 21.7. The first-order chi connectivity index (χ1) is 27.4. The van der Waals surface area contributed by atoms with E-state index in [1.54, 1.807) is 6.08 Å². The smallest absolute Gasteiger partial charge is 0.460 e. The van der Waals surface area contributed by atoms with Crippen molar-refractivity contribution in [3.8, 4) is 0 Å². The Balaban J connectivity index is 1.45. The molecule has 2 fully saturated rings. The van der Waals surface area contributed by atoms with Crippen LogP contribution in [0.4, 0.5) is 0 Å². The molecule has 6 N–H and O–H groups in total. The van der Waals surface area contributed by atoms with Gasteiger partial charge in [0, 0.05) is 25.5 Å². The van der Waals surface area contributed by atoms with E-state index in [9.17, 15) is 32.9 Å². The predicted octanol–water partition coefficient (Wildman–Crippen LogP) is 5.11. The number of phosphoric ester groups is 1. The van der Waals surface area contributed by atoms with Crippen LogP contribution in [0.15, 0.2) is 12.2 Å². The maximum absolute atomic E-state index is 12.0. The van der Waals surface area contributed by atoms with E-state index in [0.29, 0.717) is 30.5 Å². The number of fused-ring (bicyclic) bond motifs is 2. The number of carbonyl (C=O) groups is 1. The van der Waals surface area contributed by atoms with Crippen LogP contribution in [0.25, 0.3) is 0 Å². The van der Waals surface area contributed by atoms with Crippen LogP contribution in [0.2, 0.25) is 0 Å². The molecule has 0 aromatic heterocycles. The van der Waals surface area contributed by atoms with Crippen LogP contribution in [0, 0.1) is 0 Å². The van der Waals surface area contributed by atoms with E-state index in [0.717, 1.165) is 70.6 Å². The molecular formula is C39H76N2O15PS+. The number of nitrogens with two attached hydrogens (primary N) is 1. The maximum Gasteiger partial charge on any atom is 0.472 e. The molecule has 17 nitrogen and oxygen atoms in total. The fourth-order valence-corrected chi connectivity index (χ4v) is 7.94. The van der Waals surface area contributed by atoms with Crippen molar-refractivity contribution in [2.75, 3.05) is 67.3 Å². The van der Waals surface area contributed by atoms with Crippen molar-refractivity contribution in [3.05, 3.63) is 12.2 Å². The van der Waals surface area contributed by atoms with Gasteiger partial charge in [0.15, 0.2) is 5.79 Å². The van der Waals surface area contributed by atoms with Crippen LogP contribution < -0.4 is 5.73 Å². The number of likely N-dealkylation sites (N-methyl/N-ethyl adjacent to an activating group) is 1. The number of phosphoric acid groups is 1. The number of allylic oxidation sites excluding steroid dienone is 1. The summed E-state index contributed by atoms with van der Waals surface area (Å²) in [5.74, 6) is -1.20. The average molecular weight is 876 g/mol. The molecule has 2 aliphatic rings. The minimum Gasteiger partial charge on any atom is -0.460 e. The van der Waals surface area contributed by atoms with Crippen molar-refractivity contribution in [2.45, 2.75) is 165 Å². The molecule has 2 rings (SSSR count). The Kier molecular flexibility index (Phi) is 26.1. The fourth-order valence-electron chi connectivity index (χ4n) is 6.85. The van der Waals surface area contributed by atoms with Crippen LogP contribution in [0.3, 0.4) is 0 Å². The molecule has 0 aromatic rings. The van der Waals surface area contributed by atoms with Gasteiger partial charge in [0.25, 0.3) is 0 Å². The van der Waals surface area contributed by atoms with Crippen molar-refractivity contribution < 1.29 is 74.1 Å². The Morgan fingerprint density at radius 1 is 0.879 bits per heavy atom. The average Bonchev–Trinajstić information content (AvgIpc) is 3.45. The van der Waals surface area contributed by atoms with Crippen molar-refractivity contribution in [1.29, 1.82) is 0 Å². The summed E-state index contributed by atoms with van der Waals surface area (Å²) in [7, 11) is -3.05. The number of carbonyl (C=O) groups excluding carboxylic acids is 1. The first kappa shape index (κ1) is 53.0. The molecule has 3 unspecified atom stereocenters. The second-order valence-electron chi connectivity index (χ2n) is 16.7. The molecule has 342 valence electrons. The van der Waals surface area contributed by atoms with Gasteiger partial charge in [-0.2, -0.15) is 8.42 Å². The SMILES string of the molecule is C[N+](C)(C)CCOP(=O)(O)OCC(O)COC(=O)/C=C\CCCCC[C@H]1O[C@]2(CCCCCCCCCCCCCCOCC(N)COS(=O)(=O)O)CC[C@@H](O)[C@H]1O2. The van der Waals surface area contributed by atoms with Gasteiger partial charge in [0.2, 0.25) is 0 Å². The molecule has 58 heavy (non-hydrogen) atoms. The van der Waals surface area contributed by atoms with E-state index in [-0.39, 0.29) is 38.6 Å². The number of hydrogen-bond acceptors (Lipinski definition) is 14. The van der Waals surface area contributed by atoms with Crippen LogP contribution in [-0.4, -0.2) is 142 Å². The summed E-state index contributed by atoms with van der Waals surface area (Å²) >= 11 is 0. The van der Waals surface area contributed by atoms with E-state index >= 15 is 0 Å². The van der Waals surface area contributed by atoms with Crippen LogP contribution in [0.1, 0.15) is 128 Å². The molecule has 0 saturated carbocycles. The van der Waals surface area contributed by atoms with E-state index in [1.807, 2.05) is 21.1 Å². The Labute approximate surface area is 347 Å². The highest BCUT2D eigenvalue weighted by molar-refractivity contribution is 7.80. The first-order valence-corrected chi connectivity index (χ1v) is 24.2. The third kappa shape index (κ3) is 26.3. The number of nitrogens with zero attached hydrogens (tertiary/aromatic N) is 1. The lowest BCUT2D eigenvalue weighted by atomic mass is 9.94. The van der Waals surface area contributed by atoms with E-state index < -0.39 is 54.8 Å². The molecule has 7 atom stereocenters. The van der Waals surface area contributed by atoms with Gasteiger partial charge in [-0.15, -0.1) is 0 Å². The Hall–Kier alpha value is -1.09. The molecular weight excluding hydrogens is 799 g/mol. The lowest BCUT2D eigenvalue weighted by Crippen LogP contribution is -2.41. The highest BCUT2D eigenvalue weighted by Crippen LogP contribution is 2.45. The van der Waals surface area contributed by atoms with E-state index in [1.165, 1.54) is 51.0 Å².